The molecule has 0 fully saturated rings. The van der Waals surface area contributed by atoms with Gasteiger partial charge in [-0.2, -0.15) is 0 Å². The van der Waals surface area contributed by atoms with Gasteiger partial charge in [0.2, 0.25) is 5.75 Å². The number of anilines is 1. The zero-order valence-corrected chi connectivity index (χ0v) is 15.3. The smallest absolute Gasteiger partial charge is 0.312 e. The molecule has 0 saturated heterocycles. The number of phenolic OH excluding ortho intramolecular Hbond substituents is 1. The van der Waals surface area contributed by atoms with Gasteiger partial charge < -0.3 is 14.8 Å². The van der Waals surface area contributed by atoms with Gasteiger partial charge in [-0.15, -0.1) is 0 Å². The predicted octanol–water partition coefficient (Wildman–Crippen LogP) is 4.86. The third-order valence-electron chi connectivity index (χ3n) is 3.84. The number of carbonyl (C=O) groups excluding carboxylic acids is 1. The van der Waals surface area contributed by atoms with Crippen molar-refractivity contribution in [2.75, 3.05) is 5.32 Å². The maximum atomic E-state index is 12.0. The van der Waals surface area contributed by atoms with Crippen LogP contribution in [0.4, 0.5) is 17.1 Å². The number of aliphatic imine (C=N–C) groups is 1. The van der Waals surface area contributed by atoms with Crippen LogP contribution in [0.2, 0.25) is 5.02 Å². The lowest BCUT2D eigenvalue weighted by Gasteiger charge is -2.08. The number of furan rings is 1. The van der Waals surface area contributed by atoms with Gasteiger partial charge in [-0.1, -0.05) is 11.6 Å². The van der Waals surface area contributed by atoms with Crippen molar-refractivity contribution in [2.24, 2.45) is 4.99 Å². The summed E-state index contributed by atoms with van der Waals surface area (Å²) in [6, 6.07) is 10.6. The van der Waals surface area contributed by atoms with E-state index in [0.717, 1.165) is 11.6 Å². The number of amides is 1. The minimum Gasteiger partial charge on any atom is -0.502 e. The van der Waals surface area contributed by atoms with Crippen LogP contribution in [0.1, 0.15) is 21.7 Å². The second kappa shape index (κ2) is 7.93. The van der Waals surface area contributed by atoms with Gasteiger partial charge in [0.15, 0.2) is 5.76 Å². The average molecular weight is 400 g/mol. The summed E-state index contributed by atoms with van der Waals surface area (Å²) < 4.78 is 5.05. The van der Waals surface area contributed by atoms with Crippen LogP contribution < -0.4 is 5.32 Å². The fourth-order valence-corrected chi connectivity index (χ4v) is 2.67. The summed E-state index contributed by atoms with van der Waals surface area (Å²) in [4.78, 5) is 26.5. The first kappa shape index (κ1) is 19.1. The lowest BCUT2D eigenvalue weighted by molar-refractivity contribution is -0.385. The van der Waals surface area contributed by atoms with Crippen LogP contribution in [-0.4, -0.2) is 22.2 Å². The number of phenols is 1. The van der Waals surface area contributed by atoms with Gasteiger partial charge >= 0.3 is 5.69 Å². The van der Waals surface area contributed by atoms with E-state index in [1.54, 1.807) is 37.3 Å². The molecule has 28 heavy (non-hydrogen) atoms. The second-order valence-electron chi connectivity index (χ2n) is 5.81. The molecule has 3 aromatic rings. The first-order chi connectivity index (χ1) is 13.3. The molecule has 142 valence electrons. The minimum atomic E-state index is -0.723. The van der Waals surface area contributed by atoms with Crippen LogP contribution in [0, 0.1) is 17.0 Å². The molecule has 0 atom stereocenters. The molecule has 0 unspecified atom stereocenters. The summed E-state index contributed by atoms with van der Waals surface area (Å²) in [6.07, 6.45) is 2.69. The van der Waals surface area contributed by atoms with Crippen molar-refractivity contribution in [1.82, 2.24) is 0 Å². The van der Waals surface area contributed by atoms with E-state index >= 15 is 0 Å². The highest BCUT2D eigenvalue weighted by atomic mass is 35.5. The maximum absolute atomic E-state index is 12.0. The van der Waals surface area contributed by atoms with Gasteiger partial charge in [-0.25, -0.2) is 0 Å². The normalized spacial score (nSPS) is 10.9. The Bertz CT molecular complexity index is 1080. The van der Waals surface area contributed by atoms with Crippen molar-refractivity contribution >= 4 is 40.8 Å². The third-order valence-corrected chi connectivity index (χ3v) is 4.05. The van der Waals surface area contributed by atoms with Crippen molar-refractivity contribution in [2.45, 2.75) is 6.92 Å². The van der Waals surface area contributed by atoms with E-state index < -0.39 is 16.4 Å². The molecular formula is C19H14ClN3O5. The molecule has 2 aromatic carbocycles. The zero-order chi connectivity index (χ0) is 20.3. The lowest BCUT2D eigenvalue weighted by atomic mass is 10.1. The molecule has 1 aromatic heterocycles. The van der Waals surface area contributed by atoms with E-state index in [2.05, 4.69) is 10.3 Å². The average Bonchev–Trinajstić information content (AvgIpc) is 3.18. The van der Waals surface area contributed by atoms with Crippen molar-refractivity contribution in [3.8, 4) is 5.75 Å². The summed E-state index contributed by atoms with van der Waals surface area (Å²) >= 11 is 5.86. The van der Waals surface area contributed by atoms with E-state index in [0.29, 0.717) is 11.4 Å². The van der Waals surface area contributed by atoms with Crippen LogP contribution in [0.5, 0.6) is 5.75 Å². The number of aryl methyl sites for hydroxylation is 1. The fraction of sp³-hybridized carbons (Fsp3) is 0.0526. The summed E-state index contributed by atoms with van der Waals surface area (Å²) in [6.45, 7) is 1.79. The second-order valence-corrected chi connectivity index (χ2v) is 6.25. The van der Waals surface area contributed by atoms with E-state index in [4.69, 9.17) is 16.0 Å². The van der Waals surface area contributed by atoms with E-state index in [-0.39, 0.29) is 22.3 Å². The quantitative estimate of drug-likeness (QED) is 0.361. The number of nitro benzene ring substituents is 1. The van der Waals surface area contributed by atoms with Crippen LogP contribution in [-0.2, 0) is 0 Å². The Morgan fingerprint density at radius 1 is 1.32 bits per heavy atom. The van der Waals surface area contributed by atoms with E-state index in [1.165, 1.54) is 18.5 Å². The molecule has 8 nitrogen and oxygen atoms in total. The number of aromatic hydroxyl groups is 1. The highest BCUT2D eigenvalue weighted by Crippen LogP contribution is 2.32. The Kier molecular flexibility index (Phi) is 5.42. The summed E-state index contributed by atoms with van der Waals surface area (Å²) in [7, 11) is 0. The third kappa shape index (κ3) is 4.18. The Hall–Kier alpha value is -3.65. The molecule has 0 aliphatic carbocycles. The molecule has 1 heterocycles. The number of rotatable bonds is 5. The highest BCUT2D eigenvalue weighted by Gasteiger charge is 2.17. The van der Waals surface area contributed by atoms with Gasteiger partial charge in [-0.05, 0) is 48.9 Å². The van der Waals surface area contributed by atoms with E-state index in [1.807, 2.05) is 0 Å². The Labute approximate surface area is 164 Å². The lowest BCUT2D eigenvalue weighted by Crippen LogP contribution is -2.11. The molecule has 0 saturated carbocycles. The number of nitrogens with one attached hydrogen (secondary N) is 1. The van der Waals surface area contributed by atoms with Crippen molar-refractivity contribution in [3.05, 3.63) is 80.8 Å². The van der Waals surface area contributed by atoms with Crippen LogP contribution in [0.15, 0.2) is 58.1 Å². The van der Waals surface area contributed by atoms with Crippen molar-refractivity contribution in [3.63, 3.8) is 0 Å². The molecule has 0 bridgehead atoms. The molecule has 1 amide bonds. The first-order valence-corrected chi connectivity index (χ1v) is 8.39. The molecule has 2 N–H and O–H groups in total. The Morgan fingerprint density at radius 3 is 2.75 bits per heavy atom. The van der Waals surface area contributed by atoms with Crippen LogP contribution in [0.25, 0.3) is 0 Å². The molecule has 0 spiro atoms. The van der Waals surface area contributed by atoms with Crippen molar-refractivity contribution in [1.29, 1.82) is 0 Å². The monoisotopic (exact) mass is 399 g/mol. The van der Waals surface area contributed by atoms with Gasteiger partial charge in [0.05, 0.1) is 16.9 Å². The number of benzene rings is 2. The summed E-state index contributed by atoms with van der Waals surface area (Å²) in [5, 5.41) is 23.8. The minimum absolute atomic E-state index is 0.109. The van der Waals surface area contributed by atoms with E-state index in [9.17, 15) is 20.0 Å². The highest BCUT2D eigenvalue weighted by molar-refractivity contribution is 6.31. The number of halogens is 1. The first-order valence-electron chi connectivity index (χ1n) is 8.01. The standard InChI is InChI=1S/C19H14ClN3O5/c1-11-7-14(4-5-15(11)22-19(25)17-3-2-6-28-17)21-10-12-8-13(20)9-16(18(12)24)23(26)27/h2-10,24H,1H3,(H,22,25). The summed E-state index contributed by atoms with van der Waals surface area (Å²) in [5.74, 6) is -0.697. The fourth-order valence-electron chi connectivity index (χ4n) is 2.45. The maximum Gasteiger partial charge on any atom is 0.312 e. The Balaban J connectivity index is 1.81. The largest absolute Gasteiger partial charge is 0.502 e. The van der Waals surface area contributed by atoms with Gasteiger partial charge in [0, 0.05) is 28.6 Å². The Morgan fingerprint density at radius 2 is 2.11 bits per heavy atom. The molecule has 0 aliphatic heterocycles. The topological polar surface area (TPSA) is 118 Å². The SMILES string of the molecule is Cc1cc(N=Cc2cc(Cl)cc([N+](=O)[O-])c2O)ccc1NC(=O)c1ccco1. The number of nitro groups is 1. The van der Waals surface area contributed by atoms with Gasteiger partial charge in [0.1, 0.15) is 0 Å². The predicted molar refractivity (Wildman–Crippen MR) is 105 cm³/mol. The number of carbonyl (C=O) groups is 1. The van der Waals surface area contributed by atoms with Gasteiger partial charge in [-0.3, -0.25) is 19.9 Å². The molecular weight excluding hydrogens is 386 g/mol. The molecule has 0 aliphatic rings. The zero-order valence-electron chi connectivity index (χ0n) is 14.5. The molecule has 9 heteroatoms. The van der Waals surface area contributed by atoms with Crippen molar-refractivity contribution < 1.29 is 19.2 Å². The summed E-state index contributed by atoms with van der Waals surface area (Å²) in [5.41, 5.74) is 1.47. The number of nitrogens with zero attached hydrogens (tertiary/aromatic N) is 2. The van der Waals surface area contributed by atoms with Crippen LogP contribution in [0.3, 0.4) is 0 Å². The number of hydrogen-bond acceptors (Lipinski definition) is 6. The number of hydrogen-bond donors (Lipinski definition) is 2. The molecule has 3 rings (SSSR count). The van der Waals surface area contributed by atoms with Crippen LogP contribution >= 0.6 is 11.6 Å². The van der Waals surface area contributed by atoms with Gasteiger partial charge in [0.25, 0.3) is 5.91 Å². The molecule has 0 radical (unpaired) electrons.